The highest BCUT2D eigenvalue weighted by Gasteiger charge is 2.45. The molecule has 0 aromatic carbocycles. The number of likely N-dealkylation sites (tertiary alicyclic amines) is 1. The largest absolute Gasteiger partial charge is 0.379 e. The summed E-state index contributed by atoms with van der Waals surface area (Å²) in [6, 6.07) is 0.486. The topological polar surface area (TPSA) is 101 Å². The fourth-order valence-electron chi connectivity index (χ4n) is 7.05. The molecule has 6 atom stereocenters. The van der Waals surface area contributed by atoms with Gasteiger partial charge in [0.2, 0.25) is 0 Å². The molecule has 5 rings (SSSR count). The molecule has 4 saturated heterocycles. The Balaban J connectivity index is 1.11. The quantitative estimate of drug-likeness (QED) is 0.345. The van der Waals surface area contributed by atoms with Crippen LogP contribution in [0, 0.1) is 11.8 Å². The minimum absolute atomic E-state index is 0.0765. The molecule has 5 unspecified atom stereocenters. The van der Waals surface area contributed by atoms with Crippen LogP contribution in [0.2, 0.25) is 0 Å². The van der Waals surface area contributed by atoms with E-state index in [4.69, 9.17) is 9.57 Å². The zero-order chi connectivity index (χ0) is 22.8. The van der Waals surface area contributed by atoms with E-state index in [2.05, 4.69) is 21.0 Å². The van der Waals surface area contributed by atoms with Gasteiger partial charge in [-0.3, -0.25) is 10.2 Å². The van der Waals surface area contributed by atoms with Gasteiger partial charge in [0.05, 0.1) is 44.3 Å². The van der Waals surface area contributed by atoms with Crippen molar-refractivity contribution >= 4 is 9.84 Å². The molecule has 1 aliphatic carbocycles. The third kappa shape index (κ3) is 5.91. The number of nitrogens with zero attached hydrogens (tertiary/aromatic N) is 1. The predicted octanol–water partition coefficient (Wildman–Crippen LogP) is -1.95. The molecule has 10 heteroatoms. The molecular formula is C23H45N5O4S+2. The van der Waals surface area contributed by atoms with Gasteiger partial charge in [-0.2, -0.15) is 5.48 Å². The van der Waals surface area contributed by atoms with Gasteiger partial charge >= 0.3 is 0 Å². The summed E-state index contributed by atoms with van der Waals surface area (Å²) in [6.07, 6.45) is 10.9. The van der Waals surface area contributed by atoms with Gasteiger partial charge in [-0.1, -0.05) is 0 Å². The van der Waals surface area contributed by atoms with E-state index in [1.165, 1.54) is 45.0 Å². The maximum absolute atomic E-state index is 11.9. The molecule has 0 spiro atoms. The van der Waals surface area contributed by atoms with Crippen molar-refractivity contribution in [1.82, 2.24) is 15.7 Å². The van der Waals surface area contributed by atoms with Crippen LogP contribution in [0.15, 0.2) is 0 Å². The lowest BCUT2D eigenvalue weighted by molar-refractivity contribution is -0.919. The first-order valence-electron chi connectivity index (χ1n) is 13.3. The number of hydroxylamine groups is 1. The molecular weight excluding hydrogens is 442 g/mol. The summed E-state index contributed by atoms with van der Waals surface area (Å²) in [7, 11) is -2.89. The van der Waals surface area contributed by atoms with Gasteiger partial charge in [0.25, 0.3) is 0 Å². The predicted molar refractivity (Wildman–Crippen MR) is 125 cm³/mol. The Hall–Kier alpha value is -0.330. The summed E-state index contributed by atoms with van der Waals surface area (Å²) in [6.45, 7) is 7.35. The second-order valence-corrected chi connectivity index (χ2v) is 13.5. The lowest BCUT2D eigenvalue weighted by Gasteiger charge is -2.38. The van der Waals surface area contributed by atoms with Crippen molar-refractivity contribution in [2.45, 2.75) is 81.2 Å². The van der Waals surface area contributed by atoms with Crippen LogP contribution >= 0.6 is 0 Å². The highest BCUT2D eigenvalue weighted by atomic mass is 32.2. The Kier molecular flexibility index (Phi) is 7.93. The van der Waals surface area contributed by atoms with Crippen LogP contribution in [-0.4, -0.2) is 95.4 Å². The fraction of sp³-hybridized carbons (Fsp3) is 1.00. The summed E-state index contributed by atoms with van der Waals surface area (Å²) in [5, 5.41) is 6.23. The summed E-state index contributed by atoms with van der Waals surface area (Å²) in [5.74, 6) is 1.23. The van der Waals surface area contributed by atoms with Gasteiger partial charge in [-0.25, -0.2) is 13.3 Å². The summed E-state index contributed by atoms with van der Waals surface area (Å²) >= 11 is 0. The van der Waals surface area contributed by atoms with Crippen LogP contribution in [0.4, 0.5) is 0 Å². The first-order valence-corrected chi connectivity index (χ1v) is 15.3. The van der Waals surface area contributed by atoms with Crippen molar-refractivity contribution in [2.75, 3.05) is 52.2 Å². The molecule has 4 aliphatic heterocycles. The Morgan fingerprint density at radius 3 is 2.64 bits per heavy atom. The summed E-state index contributed by atoms with van der Waals surface area (Å²) in [4.78, 5) is 10.4. The number of rotatable bonds is 6. The number of nitrogens with one attached hydrogen (secondary N) is 3. The Morgan fingerprint density at radius 1 is 1.09 bits per heavy atom. The average Bonchev–Trinajstić information content (AvgIpc) is 3.49. The minimum Gasteiger partial charge on any atom is -0.379 e. The first kappa shape index (κ1) is 24.4. The molecule has 0 radical (unpaired) electrons. The average molecular weight is 488 g/mol. The number of morpholine rings is 1. The van der Waals surface area contributed by atoms with Crippen molar-refractivity contribution in [3.8, 4) is 0 Å². The van der Waals surface area contributed by atoms with E-state index >= 15 is 0 Å². The van der Waals surface area contributed by atoms with Crippen LogP contribution in [-0.2, 0) is 19.4 Å². The van der Waals surface area contributed by atoms with Gasteiger partial charge in [-0.05, 0) is 25.7 Å². The lowest BCUT2D eigenvalue weighted by Crippen LogP contribution is -3.15. The van der Waals surface area contributed by atoms with E-state index in [-0.39, 0.29) is 17.6 Å². The highest BCUT2D eigenvalue weighted by Crippen LogP contribution is 2.28. The van der Waals surface area contributed by atoms with Crippen molar-refractivity contribution < 1.29 is 28.2 Å². The maximum Gasteiger partial charge on any atom is 0.183 e. The Bertz CT molecular complexity index is 741. The number of hydrogen-bond acceptors (Lipinski definition) is 7. The number of ether oxygens (including phenoxy) is 1. The second kappa shape index (κ2) is 10.7. The van der Waals surface area contributed by atoms with Crippen molar-refractivity contribution in [2.24, 2.45) is 11.8 Å². The van der Waals surface area contributed by atoms with Crippen molar-refractivity contribution in [3.05, 3.63) is 0 Å². The molecule has 1 saturated carbocycles. The number of piperidine rings is 1. The van der Waals surface area contributed by atoms with E-state index in [1.54, 1.807) is 4.90 Å². The smallest absolute Gasteiger partial charge is 0.183 e. The third-order valence-electron chi connectivity index (χ3n) is 9.03. The van der Waals surface area contributed by atoms with E-state index in [1.807, 2.05) is 0 Å². The monoisotopic (exact) mass is 487 g/mol. The molecule has 5 aliphatic rings. The molecule has 0 aromatic heterocycles. The fourth-order valence-corrected chi connectivity index (χ4v) is 8.18. The second-order valence-electron chi connectivity index (χ2n) is 11.2. The van der Waals surface area contributed by atoms with Gasteiger partial charge in [0, 0.05) is 56.9 Å². The zero-order valence-electron chi connectivity index (χ0n) is 20.2. The zero-order valence-corrected chi connectivity index (χ0v) is 21.0. The van der Waals surface area contributed by atoms with Gasteiger partial charge in [0.1, 0.15) is 22.0 Å². The molecule has 190 valence electrons. The van der Waals surface area contributed by atoms with Gasteiger partial charge in [0.15, 0.2) is 6.23 Å². The number of sulfone groups is 1. The normalized spacial score (nSPS) is 43.7. The maximum atomic E-state index is 11.9. The van der Waals surface area contributed by atoms with E-state index < -0.39 is 9.84 Å². The first-order chi connectivity index (χ1) is 16.0. The Morgan fingerprint density at radius 2 is 1.88 bits per heavy atom. The third-order valence-corrected chi connectivity index (χ3v) is 10.7. The van der Waals surface area contributed by atoms with Crippen molar-refractivity contribution in [3.63, 3.8) is 0 Å². The molecule has 5 fully saturated rings. The number of nitrogens with two attached hydrogens (primary N) is 1. The molecule has 4 heterocycles. The highest BCUT2D eigenvalue weighted by molar-refractivity contribution is 7.91. The lowest BCUT2D eigenvalue weighted by atomic mass is 9.88. The molecule has 0 aromatic rings. The van der Waals surface area contributed by atoms with E-state index in [0.29, 0.717) is 24.0 Å². The van der Waals surface area contributed by atoms with Gasteiger partial charge in [-0.15, -0.1) is 0 Å². The van der Waals surface area contributed by atoms with Crippen LogP contribution in [0.25, 0.3) is 0 Å². The molecule has 5 N–H and O–H groups in total. The van der Waals surface area contributed by atoms with E-state index in [0.717, 1.165) is 58.5 Å². The van der Waals surface area contributed by atoms with Crippen molar-refractivity contribution in [1.29, 1.82) is 0 Å². The molecule has 33 heavy (non-hydrogen) atoms. The summed E-state index contributed by atoms with van der Waals surface area (Å²) in [5.41, 5.74) is 3.38. The standard InChI is InChI=1S/C23H43N5O4S/c1-33(29,30)19-6-4-17(5-7-19)16-28-10-2-3-20(28)23-25-22(26-32-23)18-8-9-24-21(15-18)27-11-13-31-14-12-27/h17-26H,2-16H2,1H3/p+2/t17?,18?,19?,20-,21?,22?,23?/m0/s1. The van der Waals surface area contributed by atoms with Crippen LogP contribution in [0.1, 0.15) is 51.4 Å². The van der Waals surface area contributed by atoms with Crippen LogP contribution < -0.4 is 21.0 Å². The summed E-state index contributed by atoms with van der Waals surface area (Å²) < 4.78 is 29.3. The van der Waals surface area contributed by atoms with E-state index in [9.17, 15) is 8.42 Å². The molecule has 0 bridgehead atoms. The SMILES string of the molecule is CS(=O)(=O)C1CCC(C[NH+]2CCC[C@H]2C2NC(C3CC[NH2+]C(N4CCOCC4)C3)NO2)CC1. The number of hydrogen-bond donors (Lipinski definition) is 4. The Labute approximate surface area is 199 Å². The van der Waals surface area contributed by atoms with Crippen LogP contribution in [0.5, 0.6) is 0 Å². The molecule has 0 amide bonds. The van der Waals surface area contributed by atoms with Crippen LogP contribution in [0.3, 0.4) is 0 Å². The molecule has 9 nitrogen and oxygen atoms in total. The number of quaternary nitrogens is 2. The van der Waals surface area contributed by atoms with Gasteiger partial charge < -0.3 is 15.0 Å². The minimum atomic E-state index is -2.89.